The molecular weight excluding hydrogens is 378 g/mol. The molecule has 2 fully saturated rings. The van der Waals surface area contributed by atoms with Gasteiger partial charge in [0.25, 0.3) is 0 Å². The predicted molar refractivity (Wildman–Crippen MR) is 117 cm³/mol. The van der Waals surface area contributed by atoms with Crippen LogP contribution < -0.4 is 11.1 Å². The standard InChI is InChI=1S/C24H35N3O3/c25-22(26)19-13-11-16(12-14-19)15-20(17-7-3-1-4-8-17)23(28)27-21(24(29)30)18-9-5-2-6-10-18/h11-14,17-18,20-21H,1-10,15H2,(H3,25,26)(H,27,28)(H,29,30)/t20?,21-/m0/s1. The summed E-state index contributed by atoms with van der Waals surface area (Å²) in [6, 6.07) is 6.69. The number of amidine groups is 1. The van der Waals surface area contributed by atoms with Gasteiger partial charge in [0.15, 0.2) is 0 Å². The van der Waals surface area contributed by atoms with Crippen molar-refractivity contribution in [2.45, 2.75) is 76.7 Å². The first-order chi connectivity index (χ1) is 14.5. The number of nitrogens with two attached hydrogens (primary N) is 1. The van der Waals surface area contributed by atoms with E-state index in [4.69, 9.17) is 11.1 Å². The highest BCUT2D eigenvalue weighted by molar-refractivity contribution is 5.94. The summed E-state index contributed by atoms with van der Waals surface area (Å²) >= 11 is 0. The number of rotatable bonds is 8. The summed E-state index contributed by atoms with van der Waals surface area (Å²) < 4.78 is 0. The van der Waals surface area contributed by atoms with Crippen LogP contribution in [0.4, 0.5) is 0 Å². The number of hydrogen-bond donors (Lipinski definition) is 4. The molecule has 2 saturated carbocycles. The minimum absolute atomic E-state index is 0.0277. The average molecular weight is 414 g/mol. The Kier molecular flexibility index (Phi) is 7.88. The summed E-state index contributed by atoms with van der Waals surface area (Å²) in [5.74, 6) is -0.910. The van der Waals surface area contributed by atoms with Gasteiger partial charge in [-0.15, -0.1) is 0 Å². The van der Waals surface area contributed by atoms with Crippen molar-refractivity contribution in [1.29, 1.82) is 5.41 Å². The number of benzene rings is 1. The minimum atomic E-state index is -0.913. The zero-order chi connectivity index (χ0) is 21.5. The van der Waals surface area contributed by atoms with Gasteiger partial charge < -0.3 is 16.2 Å². The number of carboxylic acid groups (broad SMARTS) is 1. The summed E-state index contributed by atoms with van der Waals surface area (Å²) in [7, 11) is 0. The van der Waals surface area contributed by atoms with Gasteiger partial charge in [0.1, 0.15) is 11.9 Å². The van der Waals surface area contributed by atoms with E-state index in [1.165, 1.54) is 6.42 Å². The van der Waals surface area contributed by atoms with Gasteiger partial charge in [0, 0.05) is 11.5 Å². The van der Waals surface area contributed by atoms with Gasteiger partial charge in [-0.1, -0.05) is 62.8 Å². The molecule has 164 valence electrons. The summed E-state index contributed by atoms with van der Waals surface area (Å²) in [5.41, 5.74) is 7.24. The summed E-state index contributed by atoms with van der Waals surface area (Å²) in [6.45, 7) is 0. The number of nitrogen functional groups attached to an aromatic ring is 1. The largest absolute Gasteiger partial charge is 0.480 e. The maximum atomic E-state index is 13.4. The molecule has 0 aliphatic heterocycles. The van der Waals surface area contributed by atoms with Gasteiger partial charge in [-0.25, -0.2) is 4.79 Å². The highest BCUT2D eigenvalue weighted by Crippen LogP contribution is 2.33. The third-order valence-corrected chi connectivity index (χ3v) is 6.96. The third-order valence-electron chi connectivity index (χ3n) is 6.96. The maximum Gasteiger partial charge on any atom is 0.326 e. The van der Waals surface area contributed by atoms with Gasteiger partial charge in [-0.3, -0.25) is 10.2 Å². The zero-order valence-corrected chi connectivity index (χ0v) is 17.7. The van der Waals surface area contributed by atoms with E-state index in [9.17, 15) is 14.7 Å². The Bertz CT molecular complexity index is 735. The minimum Gasteiger partial charge on any atom is -0.480 e. The molecule has 1 unspecified atom stereocenters. The number of aliphatic carboxylic acids is 1. The number of nitrogens with one attached hydrogen (secondary N) is 2. The molecule has 30 heavy (non-hydrogen) atoms. The molecule has 0 aromatic heterocycles. The highest BCUT2D eigenvalue weighted by atomic mass is 16.4. The predicted octanol–water partition coefficient (Wildman–Crippen LogP) is 3.86. The lowest BCUT2D eigenvalue weighted by molar-refractivity contribution is -0.145. The molecule has 6 heteroatoms. The van der Waals surface area contributed by atoms with Crippen molar-refractivity contribution < 1.29 is 14.7 Å². The molecule has 0 bridgehead atoms. The van der Waals surface area contributed by atoms with Crippen LogP contribution in [-0.4, -0.2) is 28.9 Å². The second-order valence-electron chi connectivity index (χ2n) is 9.04. The summed E-state index contributed by atoms with van der Waals surface area (Å²) in [6.07, 6.45) is 11.1. The van der Waals surface area contributed by atoms with Gasteiger partial charge in [0.05, 0.1) is 0 Å². The van der Waals surface area contributed by atoms with Crippen LogP contribution in [0.3, 0.4) is 0 Å². The zero-order valence-electron chi connectivity index (χ0n) is 17.7. The van der Waals surface area contributed by atoms with Crippen LogP contribution in [0.15, 0.2) is 24.3 Å². The molecule has 0 spiro atoms. The lowest BCUT2D eigenvalue weighted by atomic mass is 9.76. The van der Waals surface area contributed by atoms with E-state index in [0.717, 1.165) is 63.4 Å². The second kappa shape index (κ2) is 10.6. The summed E-state index contributed by atoms with van der Waals surface area (Å²) in [4.78, 5) is 25.3. The van der Waals surface area contributed by atoms with E-state index in [-0.39, 0.29) is 29.5 Å². The van der Waals surface area contributed by atoms with E-state index in [0.29, 0.717) is 12.0 Å². The van der Waals surface area contributed by atoms with Crippen molar-refractivity contribution in [2.75, 3.05) is 0 Å². The van der Waals surface area contributed by atoms with Gasteiger partial charge in [-0.05, 0) is 49.5 Å². The van der Waals surface area contributed by atoms with Gasteiger partial charge in [-0.2, -0.15) is 0 Å². The van der Waals surface area contributed by atoms with Crippen LogP contribution in [0.1, 0.15) is 75.3 Å². The molecule has 2 aliphatic rings. The van der Waals surface area contributed by atoms with Crippen LogP contribution in [0, 0.1) is 23.2 Å². The Hall–Kier alpha value is -2.37. The number of carboxylic acids is 1. The van der Waals surface area contributed by atoms with Crippen LogP contribution in [0.25, 0.3) is 0 Å². The van der Waals surface area contributed by atoms with Crippen LogP contribution in [0.5, 0.6) is 0 Å². The second-order valence-corrected chi connectivity index (χ2v) is 9.04. The van der Waals surface area contributed by atoms with E-state index in [1.807, 2.05) is 24.3 Å². The van der Waals surface area contributed by atoms with Crippen molar-refractivity contribution in [2.24, 2.45) is 23.5 Å². The van der Waals surface area contributed by atoms with E-state index in [2.05, 4.69) is 5.32 Å². The fraction of sp³-hybridized carbons (Fsp3) is 0.625. The molecule has 6 nitrogen and oxygen atoms in total. The quantitative estimate of drug-likeness (QED) is 0.382. The molecule has 0 saturated heterocycles. The van der Waals surface area contributed by atoms with E-state index < -0.39 is 12.0 Å². The van der Waals surface area contributed by atoms with Crippen LogP contribution in [-0.2, 0) is 16.0 Å². The maximum absolute atomic E-state index is 13.4. The fourth-order valence-corrected chi connectivity index (χ4v) is 5.19. The third kappa shape index (κ3) is 5.83. The first-order valence-corrected chi connectivity index (χ1v) is 11.4. The van der Waals surface area contributed by atoms with Crippen LogP contribution >= 0.6 is 0 Å². The Labute approximate surface area is 179 Å². The molecule has 1 aromatic rings. The Morgan fingerprint density at radius 3 is 2.00 bits per heavy atom. The van der Waals surface area contributed by atoms with E-state index >= 15 is 0 Å². The van der Waals surface area contributed by atoms with Gasteiger partial charge in [0.2, 0.25) is 5.91 Å². The molecule has 5 N–H and O–H groups in total. The van der Waals surface area contributed by atoms with Crippen molar-refractivity contribution in [3.63, 3.8) is 0 Å². The smallest absolute Gasteiger partial charge is 0.326 e. The number of carbonyl (C=O) groups is 2. The molecule has 1 amide bonds. The first-order valence-electron chi connectivity index (χ1n) is 11.4. The molecule has 3 rings (SSSR count). The normalized spacial score (nSPS) is 20.3. The Morgan fingerprint density at radius 1 is 0.967 bits per heavy atom. The topological polar surface area (TPSA) is 116 Å². The molecular formula is C24H35N3O3. The summed E-state index contributed by atoms with van der Waals surface area (Å²) in [5, 5.41) is 20.3. The first kappa shape index (κ1) is 22.3. The Morgan fingerprint density at radius 2 is 1.50 bits per heavy atom. The van der Waals surface area contributed by atoms with Crippen molar-refractivity contribution in [1.82, 2.24) is 5.32 Å². The van der Waals surface area contributed by atoms with Gasteiger partial charge >= 0.3 is 5.97 Å². The number of carbonyl (C=O) groups excluding carboxylic acids is 1. The van der Waals surface area contributed by atoms with Crippen molar-refractivity contribution in [3.8, 4) is 0 Å². The average Bonchev–Trinajstić information content (AvgIpc) is 2.77. The molecule has 1 aromatic carbocycles. The molecule has 2 aliphatic carbocycles. The monoisotopic (exact) mass is 413 g/mol. The Balaban J connectivity index is 1.75. The van der Waals surface area contributed by atoms with E-state index in [1.54, 1.807) is 0 Å². The lowest BCUT2D eigenvalue weighted by Crippen LogP contribution is -2.50. The number of amides is 1. The van der Waals surface area contributed by atoms with Crippen molar-refractivity contribution >= 4 is 17.7 Å². The fourth-order valence-electron chi connectivity index (χ4n) is 5.19. The molecule has 0 heterocycles. The molecule has 2 atom stereocenters. The van der Waals surface area contributed by atoms with Crippen molar-refractivity contribution in [3.05, 3.63) is 35.4 Å². The lowest BCUT2D eigenvalue weighted by Gasteiger charge is -2.33. The molecule has 0 radical (unpaired) electrons. The van der Waals surface area contributed by atoms with Crippen LogP contribution in [0.2, 0.25) is 0 Å². The number of hydrogen-bond acceptors (Lipinski definition) is 3. The highest BCUT2D eigenvalue weighted by Gasteiger charge is 2.35. The SMILES string of the molecule is N=C(N)c1ccc(CC(C(=O)N[C@H](C(=O)O)C2CCCCC2)C2CCCCC2)cc1.